The lowest BCUT2D eigenvalue weighted by atomic mass is 9.92. The van der Waals surface area contributed by atoms with Gasteiger partial charge in [0.2, 0.25) is 11.8 Å². The van der Waals surface area contributed by atoms with Crippen LogP contribution in [0, 0.1) is 5.82 Å². The van der Waals surface area contributed by atoms with Gasteiger partial charge in [-0.25, -0.2) is 9.07 Å². The maximum atomic E-state index is 13.4. The SMILES string of the molecule is CC(C)(C)c1cc(NC(=O)c2ccc(CN3C(=O)CCC3=O)cc2)n(-c2ccc(F)cc2)n1. The van der Waals surface area contributed by atoms with Crippen molar-refractivity contribution in [1.82, 2.24) is 14.7 Å². The predicted octanol–water partition coefficient (Wildman–Crippen LogP) is 4.21. The van der Waals surface area contributed by atoms with E-state index in [0.717, 1.165) is 11.3 Å². The van der Waals surface area contributed by atoms with Crippen molar-refractivity contribution in [1.29, 1.82) is 0 Å². The van der Waals surface area contributed by atoms with E-state index >= 15 is 0 Å². The Morgan fingerprint density at radius 3 is 2.18 bits per heavy atom. The summed E-state index contributed by atoms with van der Waals surface area (Å²) in [5, 5.41) is 7.51. The fourth-order valence-electron chi connectivity index (χ4n) is 3.55. The van der Waals surface area contributed by atoms with Gasteiger partial charge in [0.15, 0.2) is 0 Å². The number of carbonyl (C=O) groups excluding carboxylic acids is 3. The highest BCUT2D eigenvalue weighted by atomic mass is 19.1. The molecule has 2 heterocycles. The largest absolute Gasteiger partial charge is 0.306 e. The monoisotopic (exact) mass is 448 g/mol. The van der Waals surface area contributed by atoms with Gasteiger partial charge in [0.05, 0.1) is 17.9 Å². The van der Waals surface area contributed by atoms with E-state index in [2.05, 4.69) is 10.4 Å². The van der Waals surface area contributed by atoms with Crippen LogP contribution in [-0.4, -0.2) is 32.4 Å². The second-order valence-electron chi connectivity index (χ2n) is 9.08. The first-order valence-electron chi connectivity index (χ1n) is 10.7. The average molecular weight is 448 g/mol. The number of amides is 3. The van der Waals surface area contributed by atoms with E-state index in [-0.39, 0.29) is 48.3 Å². The summed E-state index contributed by atoms with van der Waals surface area (Å²) >= 11 is 0. The molecule has 0 radical (unpaired) electrons. The van der Waals surface area contributed by atoms with E-state index in [1.165, 1.54) is 17.0 Å². The Labute approximate surface area is 191 Å². The molecule has 0 saturated carbocycles. The highest BCUT2D eigenvalue weighted by Gasteiger charge is 2.28. The summed E-state index contributed by atoms with van der Waals surface area (Å²) in [4.78, 5) is 37.8. The number of halogens is 1. The van der Waals surface area contributed by atoms with Gasteiger partial charge in [0.25, 0.3) is 5.91 Å². The Hall–Kier alpha value is -3.81. The zero-order valence-electron chi connectivity index (χ0n) is 18.8. The maximum Gasteiger partial charge on any atom is 0.256 e. The number of imide groups is 1. The van der Waals surface area contributed by atoms with Crippen LogP contribution in [0.3, 0.4) is 0 Å². The molecule has 170 valence electrons. The molecule has 1 aliphatic rings. The van der Waals surface area contributed by atoms with Crippen molar-refractivity contribution in [3.05, 3.63) is 77.2 Å². The summed E-state index contributed by atoms with van der Waals surface area (Å²) in [5.41, 5.74) is 2.33. The van der Waals surface area contributed by atoms with Gasteiger partial charge < -0.3 is 5.32 Å². The molecule has 33 heavy (non-hydrogen) atoms. The lowest BCUT2D eigenvalue weighted by Gasteiger charge is -2.14. The number of rotatable bonds is 5. The van der Waals surface area contributed by atoms with Crippen LogP contribution < -0.4 is 5.32 Å². The zero-order valence-corrected chi connectivity index (χ0v) is 18.8. The van der Waals surface area contributed by atoms with Gasteiger partial charge in [0, 0.05) is 29.9 Å². The number of hydrogen-bond donors (Lipinski definition) is 1. The topological polar surface area (TPSA) is 84.3 Å². The standard InChI is InChI=1S/C25H25FN4O3/c1-25(2,3)20-14-21(30(28-20)19-10-8-18(26)9-11-19)27-24(33)17-6-4-16(5-7-17)15-29-22(31)12-13-23(29)32/h4-11,14H,12-13,15H2,1-3H3,(H,27,33). The number of nitrogens with zero attached hydrogens (tertiary/aromatic N) is 3. The van der Waals surface area contributed by atoms with E-state index in [0.29, 0.717) is 17.1 Å². The third-order valence-corrected chi connectivity index (χ3v) is 5.50. The molecule has 7 nitrogen and oxygen atoms in total. The molecule has 3 aromatic rings. The summed E-state index contributed by atoms with van der Waals surface area (Å²) in [7, 11) is 0. The molecule has 0 bridgehead atoms. The molecule has 0 aliphatic carbocycles. The van der Waals surface area contributed by atoms with Crippen LogP contribution >= 0.6 is 0 Å². The summed E-state index contributed by atoms with van der Waals surface area (Å²) in [6.07, 6.45) is 0.495. The average Bonchev–Trinajstić information content (AvgIpc) is 3.33. The van der Waals surface area contributed by atoms with E-state index in [4.69, 9.17) is 0 Å². The van der Waals surface area contributed by atoms with Gasteiger partial charge >= 0.3 is 0 Å². The van der Waals surface area contributed by atoms with E-state index in [1.807, 2.05) is 20.8 Å². The van der Waals surface area contributed by atoms with E-state index < -0.39 is 0 Å². The molecule has 0 atom stereocenters. The summed E-state index contributed by atoms with van der Waals surface area (Å²) in [6.45, 7) is 6.26. The first kappa shape index (κ1) is 22.4. The van der Waals surface area contributed by atoms with E-state index in [1.54, 1.807) is 47.1 Å². The van der Waals surface area contributed by atoms with Crippen molar-refractivity contribution in [2.75, 3.05) is 5.32 Å². The highest BCUT2D eigenvalue weighted by Crippen LogP contribution is 2.27. The lowest BCUT2D eigenvalue weighted by Crippen LogP contribution is -2.28. The normalized spacial score (nSPS) is 14.1. The first-order valence-corrected chi connectivity index (χ1v) is 10.7. The van der Waals surface area contributed by atoms with Crippen molar-refractivity contribution in [3.8, 4) is 5.69 Å². The smallest absolute Gasteiger partial charge is 0.256 e. The third kappa shape index (κ3) is 4.84. The van der Waals surface area contributed by atoms with Gasteiger partial charge in [-0.2, -0.15) is 5.10 Å². The minimum atomic E-state index is -0.357. The number of anilines is 1. The Bertz CT molecular complexity index is 1190. The van der Waals surface area contributed by atoms with Crippen LogP contribution in [0.2, 0.25) is 0 Å². The van der Waals surface area contributed by atoms with Gasteiger partial charge in [-0.1, -0.05) is 32.9 Å². The minimum Gasteiger partial charge on any atom is -0.306 e. The molecule has 4 rings (SSSR count). The maximum absolute atomic E-state index is 13.4. The first-order chi connectivity index (χ1) is 15.6. The van der Waals surface area contributed by atoms with Gasteiger partial charge in [-0.3, -0.25) is 19.3 Å². The predicted molar refractivity (Wildman–Crippen MR) is 121 cm³/mol. The van der Waals surface area contributed by atoms with Crippen LogP contribution in [0.15, 0.2) is 54.6 Å². The van der Waals surface area contributed by atoms with Gasteiger partial charge in [-0.15, -0.1) is 0 Å². The van der Waals surface area contributed by atoms with Crippen molar-refractivity contribution < 1.29 is 18.8 Å². The second kappa shape index (κ2) is 8.61. The van der Waals surface area contributed by atoms with Gasteiger partial charge in [-0.05, 0) is 42.0 Å². The van der Waals surface area contributed by atoms with Crippen LogP contribution in [0.25, 0.3) is 5.69 Å². The molecular formula is C25H25FN4O3. The number of benzene rings is 2. The molecule has 0 unspecified atom stereocenters. The van der Waals surface area contributed by atoms with Crippen molar-refractivity contribution in [2.24, 2.45) is 0 Å². The number of aromatic nitrogens is 2. The quantitative estimate of drug-likeness (QED) is 0.593. The fourth-order valence-corrected chi connectivity index (χ4v) is 3.55. The van der Waals surface area contributed by atoms with E-state index in [9.17, 15) is 18.8 Å². The molecule has 1 saturated heterocycles. The molecule has 1 N–H and O–H groups in total. The number of carbonyl (C=O) groups is 3. The van der Waals surface area contributed by atoms with Crippen LogP contribution in [0.5, 0.6) is 0 Å². The summed E-state index contributed by atoms with van der Waals surface area (Å²) in [5.74, 6) is -0.575. The highest BCUT2D eigenvalue weighted by molar-refractivity contribution is 6.04. The Kier molecular flexibility index (Phi) is 5.84. The van der Waals surface area contributed by atoms with Gasteiger partial charge in [0.1, 0.15) is 11.6 Å². The van der Waals surface area contributed by atoms with Crippen LogP contribution in [-0.2, 0) is 21.5 Å². The lowest BCUT2D eigenvalue weighted by molar-refractivity contribution is -0.139. The molecule has 3 amide bonds. The number of nitrogens with one attached hydrogen (secondary N) is 1. The summed E-state index contributed by atoms with van der Waals surface area (Å²) < 4.78 is 15.0. The Morgan fingerprint density at radius 1 is 1.00 bits per heavy atom. The fraction of sp³-hybridized carbons (Fsp3) is 0.280. The molecular weight excluding hydrogens is 423 g/mol. The van der Waals surface area contributed by atoms with Crippen molar-refractivity contribution in [2.45, 2.75) is 45.6 Å². The molecule has 1 fully saturated rings. The third-order valence-electron chi connectivity index (χ3n) is 5.50. The minimum absolute atomic E-state index is 0.175. The molecule has 1 aromatic heterocycles. The molecule has 1 aliphatic heterocycles. The van der Waals surface area contributed by atoms with Crippen molar-refractivity contribution >= 4 is 23.5 Å². The number of hydrogen-bond acceptors (Lipinski definition) is 4. The zero-order chi connectivity index (χ0) is 23.8. The second-order valence-corrected chi connectivity index (χ2v) is 9.08. The van der Waals surface area contributed by atoms with Crippen LogP contribution in [0.4, 0.5) is 10.2 Å². The Balaban J connectivity index is 1.55. The van der Waals surface area contributed by atoms with Crippen molar-refractivity contribution in [3.63, 3.8) is 0 Å². The molecule has 0 spiro atoms. The molecule has 2 aromatic carbocycles. The van der Waals surface area contributed by atoms with Crippen LogP contribution in [0.1, 0.15) is 55.2 Å². The Morgan fingerprint density at radius 2 is 1.61 bits per heavy atom. The summed E-state index contributed by atoms with van der Waals surface area (Å²) in [6, 6.07) is 14.4. The number of likely N-dealkylation sites (tertiary alicyclic amines) is 1. The molecule has 8 heteroatoms.